The Labute approximate surface area is 103 Å². The zero-order chi connectivity index (χ0) is 10.3. The molecule has 0 unspecified atom stereocenters. The number of fused-ring (bicyclic) bond motifs is 2. The quantitative estimate of drug-likeness (QED) is 0.393. The molecular weight excluding hydrogens is 269 g/mol. The van der Waals surface area contributed by atoms with E-state index in [0.717, 1.165) is 16.3 Å². The molecule has 0 saturated carbocycles. The minimum atomic E-state index is -0.196. The molecule has 0 N–H and O–H groups in total. The maximum atomic E-state index is 13.0. The molecule has 0 radical (unpaired) electrons. The summed E-state index contributed by atoms with van der Waals surface area (Å²) in [5, 5.41) is 1.97. The van der Waals surface area contributed by atoms with Crippen molar-refractivity contribution < 1.29 is 25.8 Å². The van der Waals surface area contributed by atoms with E-state index in [0.29, 0.717) is 0 Å². The molecule has 0 aliphatic rings. The lowest BCUT2D eigenvalue weighted by atomic mass is 10.1. The monoisotopic (exact) mass is 277 g/mol. The number of nitrogens with zero attached hydrogens (tertiary/aromatic N) is 1. The van der Waals surface area contributed by atoms with Crippen molar-refractivity contribution in [3.05, 3.63) is 60.7 Å². The largest absolute Gasteiger partial charge is 1.00 e. The predicted octanol–water partition coefficient (Wildman–Crippen LogP) is -0.278. The summed E-state index contributed by atoms with van der Waals surface area (Å²) in [5.41, 5.74) is 1.11. The normalized spacial score (nSPS) is 10.3. The molecule has 0 atom stereocenters. The van der Waals surface area contributed by atoms with Crippen LogP contribution in [-0.2, 0) is 0 Å². The van der Waals surface area contributed by atoms with E-state index in [4.69, 9.17) is 0 Å². The molecule has 3 rings (SSSR count). The molecule has 0 spiro atoms. The molecule has 2 heterocycles. The van der Waals surface area contributed by atoms with Gasteiger partial charge >= 0.3 is 0 Å². The predicted molar refractivity (Wildman–Crippen MR) is 57.1 cm³/mol. The van der Waals surface area contributed by atoms with Gasteiger partial charge in [0.2, 0.25) is 5.52 Å². The van der Waals surface area contributed by atoms with Gasteiger partial charge in [-0.15, -0.1) is 0 Å². The molecule has 1 aromatic carbocycles. The van der Waals surface area contributed by atoms with Crippen LogP contribution in [0.1, 0.15) is 0 Å². The maximum absolute atomic E-state index is 13.0. The highest BCUT2D eigenvalue weighted by atomic mass is 79.9. The van der Waals surface area contributed by atoms with Crippen LogP contribution in [0.15, 0.2) is 54.9 Å². The summed E-state index contributed by atoms with van der Waals surface area (Å²) in [4.78, 5) is 0. The van der Waals surface area contributed by atoms with E-state index in [1.807, 2.05) is 35.0 Å². The fourth-order valence-electron chi connectivity index (χ4n) is 1.81. The third kappa shape index (κ3) is 1.78. The third-order valence-electron chi connectivity index (χ3n) is 2.55. The second-order valence-corrected chi connectivity index (χ2v) is 3.58. The summed E-state index contributed by atoms with van der Waals surface area (Å²) in [6.45, 7) is 0. The van der Waals surface area contributed by atoms with Gasteiger partial charge in [0.25, 0.3) is 0 Å². The van der Waals surface area contributed by atoms with E-state index in [2.05, 4.69) is 6.07 Å². The Balaban J connectivity index is 0.000000963. The van der Waals surface area contributed by atoms with E-state index in [9.17, 15) is 4.39 Å². The van der Waals surface area contributed by atoms with E-state index < -0.39 is 0 Å². The van der Waals surface area contributed by atoms with Gasteiger partial charge in [0.15, 0.2) is 12.4 Å². The lowest BCUT2D eigenvalue weighted by Crippen LogP contribution is -3.00. The average molecular weight is 278 g/mol. The summed E-state index contributed by atoms with van der Waals surface area (Å²) >= 11 is 0. The van der Waals surface area contributed by atoms with Crippen LogP contribution in [-0.4, -0.2) is 0 Å². The van der Waals surface area contributed by atoms with Crippen LogP contribution in [0, 0.1) is 5.82 Å². The first-order chi connectivity index (χ1) is 7.33. The number of pyridine rings is 2. The third-order valence-corrected chi connectivity index (χ3v) is 2.55. The molecule has 0 amide bonds. The standard InChI is InChI=1S/C13H9FN.BrH/c14-12-5-4-10-8-13-3-1-2-6-15(13)9-11(10)7-12;/h1-9H;1H/q+1;/p-1. The second kappa shape index (κ2) is 4.18. The number of aromatic nitrogens is 1. The molecule has 0 fully saturated rings. The first kappa shape index (κ1) is 11.0. The Kier molecular flexibility index (Phi) is 2.88. The molecule has 1 nitrogen and oxygen atoms in total. The van der Waals surface area contributed by atoms with Crippen LogP contribution < -0.4 is 21.4 Å². The Morgan fingerprint density at radius 1 is 0.938 bits per heavy atom. The molecular formula is C13H9BrFN. The van der Waals surface area contributed by atoms with Gasteiger partial charge < -0.3 is 17.0 Å². The van der Waals surface area contributed by atoms with Gasteiger partial charge in [0.1, 0.15) is 5.82 Å². The number of halogens is 2. The molecule has 2 aromatic heterocycles. The van der Waals surface area contributed by atoms with E-state index in [1.165, 1.54) is 6.07 Å². The highest BCUT2D eigenvalue weighted by Gasteiger charge is 2.04. The van der Waals surface area contributed by atoms with Crippen LogP contribution in [0.4, 0.5) is 4.39 Å². The molecule has 0 aliphatic carbocycles. The Morgan fingerprint density at radius 2 is 1.81 bits per heavy atom. The van der Waals surface area contributed by atoms with Gasteiger partial charge in [0.05, 0.1) is 0 Å². The maximum Gasteiger partial charge on any atom is 0.211 e. The van der Waals surface area contributed by atoms with Crippen LogP contribution in [0.5, 0.6) is 0 Å². The second-order valence-electron chi connectivity index (χ2n) is 3.58. The van der Waals surface area contributed by atoms with E-state index >= 15 is 0 Å². The summed E-state index contributed by atoms with van der Waals surface area (Å²) in [6, 6.07) is 12.9. The number of hydrogen-bond donors (Lipinski definition) is 0. The van der Waals surface area contributed by atoms with Crippen molar-refractivity contribution in [2.75, 3.05) is 0 Å². The zero-order valence-electron chi connectivity index (χ0n) is 8.40. The first-order valence-electron chi connectivity index (χ1n) is 4.82. The molecule has 0 aliphatic heterocycles. The molecule has 0 bridgehead atoms. The summed E-state index contributed by atoms with van der Waals surface area (Å²) in [6.07, 6.45) is 3.90. The highest BCUT2D eigenvalue weighted by molar-refractivity contribution is 5.83. The summed E-state index contributed by atoms with van der Waals surface area (Å²) < 4.78 is 15.0. The molecule has 3 heteroatoms. The smallest absolute Gasteiger partial charge is 0.211 e. The minimum Gasteiger partial charge on any atom is -1.00 e. The van der Waals surface area contributed by atoms with Crippen molar-refractivity contribution in [2.24, 2.45) is 0 Å². The van der Waals surface area contributed by atoms with Crippen molar-refractivity contribution >= 4 is 16.3 Å². The van der Waals surface area contributed by atoms with Gasteiger partial charge in [-0.25, -0.2) is 4.39 Å². The molecule has 16 heavy (non-hydrogen) atoms. The average Bonchev–Trinajstić information content (AvgIpc) is 2.26. The fourth-order valence-corrected chi connectivity index (χ4v) is 1.81. The van der Waals surface area contributed by atoms with Gasteiger partial charge in [0, 0.05) is 23.6 Å². The SMILES string of the molecule is Fc1ccc2cc3cccc[n+]3cc2c1.[Br-]. The van der Waals surface area contributed by atoms with Gasteiger partial charge in [-0.1, -0.05) is 6.07 Å². The fraction of sp³-hybridized carbons (Fsp3) is 0. The van der Waals surface area contributed by atoms with Crippen LogP contribution in [0.2, 0.25) is 0 Å². The summed E-state index contributed by atoms with van der Waals surface area (Å²) in [7, 11) is 0. The van der Waals surface area contributed by atoms with Gasteiger partial charge in [-0.05, 0) is 23.6 Å². The lowest BCUT2D eigenvalue weighted by molar-refractivity contribution is -0.510. The number of hydrogen-bond acceptors (Lipinski definition) is 0. The van der Waals surface area contributed by atoms with Crippen molar-refractivity contribution in [3.63, 3.8) is 0 Å². The Morgan fingerprint density at radius 3 is 2.69 bits per heavy atom. The lowest BCUT2D eigenvalue weighted by Gasteiger charge is -1.96. The summed E-state index contributed by atoms with van der Waals surface area (Å²) in [5.74, 6) is -0.196. The van der Waals surface area contributed by atoms with Crippen LogP contribution in [0.25, 0.3) is 16.3 Å². The van der Waals surface area contributed by atoms with Crippen molar-refractivity contribution in [3.8, 4) is 0 Å². The Hall–Kier alpha value is -1.48. The molecule has 80 valence electrons. The van der Waals surface area contributed by atoms with Crippen LogP contribution >= 0.6 is 0 Å². The minimum absolute atomic E-state index is 0. The van der Waals surface area contributed by atoms with Gasteiger partial charge in [-0.2, -0.15) is 4.40 Å². The Bertz CT molecular complexity index is 652. The van der Waals surface area contributed by atoms with Crippen LogP contribution in [0.3, 0.4) is 0 Å². The molecule has 3 aromatic rings. The van der Waals surface area contributed by atoms with Crippen molar-refractivity contribution in [2.45, 2.75) is 0 Å². The number of benzene rings is 1. The number of rotatable bonds is 0. The topological polar surface area (TPSA) is 4.10 Å². The van der Waals surface area contributed by atoms with Crippen molar-refractivity contribution in [1.82, 2.24) is 0 Å². The van der Waals surface area contributed by atoms with E-state index in [-0.39, 0.29) is 22.8 Å². The first-order valence-corrected chi connectivity index (χ1v) is 4.82. The van der Waals surface area contributed by atoms with Crippen molar-refractivity contribution in [1.29, 1.82) is 0 Å². The highest BCUT2D eigenvalue weighted by Crippen LogP contribution is 2.14. The van der Waals surface area contributed by atoms with Gasteiger partial charge in [-0.3, -0.25) is 0 Å². The zero-order valence-corrected chi connectivity index (χ0v) is 9.99. The molecule has 0 saturated heterocycles. The van der Waals surface area contributed by atoms with E-state index in [1.54, 1.807) is 12.1 Å².